The highest BCUT2D eigenvalue weighted by atomic mass is 16.3. The molecular weight excluding hydrogens is 290 g/mol. The molecule has 1 amide bonds. The van der Waals surface area contributed by atoms with Crippen LogP contribution in [0, 0.1) is 0 Å². The molecule has 0 radical (unpaired) electrons. The molecule has 1 N–H and O–H groups in total. The van der Waals surface area contributed by atoms with Crippen LogP contribution in [0.15, 0.2) is 36.4 Å². The van der Waals surface area contributed by atoms with Crippen LogP contribution in [-0.4, -0.2) is 22.2 Å². The number of carbonyl (C=O) groups excluding carboxylic acids is 2. The van der Waals surface area contributed by atoms with Crippen LogP contribution in [0.3, 0.4) is 0 Å². The van der Waals surface area contributed by atoms with E-state index >= 15 is 0 Å². The first-order chi connectivity index (χ1) is 11.2. The molecule has 23 heavy (non-hydrogen) atoms. The molecule has 4 rings (SSSR count). The van der Waals surface area contributed by atoms with Crippen molar-refractivity contribution in [2.75, 3.05) is 0 Å². The zero-order valence-electron chi connectivity index (χ0n) is 12.7. The minimum atomic E-state index is -0.153. The number of aromatic hydroxyl groups is 1. The summed E-state index contributed by atoms with van der Waals surface area (Å²) in [5.41, 5.74) is 3.79. The van der Waals surface area contributed by atoms with Gasteiger partial charge in [-0.15, -0.1) is 0 Å². The van der Waals surface area contributed by atoms with Crippen LogP contribution in [0.1, 0.15) is 56.3 Å². The van der Waals surface area contributed by atoms with E-state index in [9.17, 15) is 14.7 Å². The fourth-order valence-electron chi connectivity index (χ4n) is 3.86. The smallest absolute Gasteiger partial charge is 0.255 e. The maximum absolute atomic E-state index is 12.9. The largest absolute Gasteiger partial charge is 0.507 e. The van der Waals surface area contributed by atoms with Gasteiger partial charge in [0.25, 0.3) is 5.91 Å². The minimum absolute atomic E-state index is 0.0431. The van der Waals surface area contributed by atoms with Gasteiger partial charge in [-0.05, 0) is 42.0 Å². The number of nitrogens with zero attached hydrogens (tertiary/aromatic N) is 1. The summed E-state index contributed by atoms with van der Waals surface area (Å²) in [6, 6.07) is 11.5. The zero-order valence-corrected chi connectivity index (χ0v) is 12.7. The summed E-state index contributed by atoms with van der Waals surface area (Å²) < 4.78 is 0. The van der Waals surface area contributed by atoms with Gasteiger partial charge in [0.15, 0.2) is 6.29 Å². The molecule has 2 aromatic carbocycles. The van der Waals surface area contributed by atoms with E-state index in [-0.39, 0.29) is 23.3 Å². The lowest BCUT2D eigenvalue weighted by Crippen LogP contribution is -2.31. The van der Waals surface area contributed by atoms with Crippen LogP contribution in [-0.2, 0) is 13.0 Å². The van der Waals surface area contributed by atoms with E-state index in [0.29, 0.717) is 18.4 Å². The first kappa shape index (κ1) is 14.0. The molecule has 0 aromatic heterocycles. The molecule has 0 saturated heterocycles. The van der Waals surface area contributed by atoms with Gasteiger partial charge < -0.3 is 10.0 Å². The third-order valence-corrected chi connectivity index (χ3v) is 4.96. The van der Waals surface area contributed by atoms with Gasteiger partial charge in [0.2, 0.25) is 0 Å². The average molecular weight is 307 g/mol. The quantitative estimate of drug-likeness (QED) is 0.867. The average Bonchev–Trinajstić information content (AvgIpc) is 2.91. The van der Waals surface area contributed by atoms with Crippen LogP contribution >= 0.6 is 0 Å². The maximum atomic E-state index is 12.9. The van der Waals surface area contributed by atoms with Gasteiger partial charge in [-0.25, -0.2) is 0 Å². The number of fused-ring (bicyclic) bond motifs is 2. The van der Waals surface area contributed by atoms with Crippen LogP contribution in [0.4, 0.5) is 0 Å². The first-order valence-electron chi connectivity index (χ1n) is 7.89. The molecule has 0 fully saturated rings. The topological polar surface area (TPSA) is 57.6 Å². The molecule has 1 heterocycles. The van der Waals surface area contributed by atoms with Gasteiger partial charge in [0, 0.05) is 6.54 Å². The molecule has 1 aliphatic heterocycles. The SMILES string of the molecule is O=Cc1c(O)ccc2c1C(=O)N([C@H]1CCCc3ccccc31)C2. The first-order valence-corrected chi connectivity index (χ1v) is 7.89. The van der Waals surface area contributed by atoms with E-state index in [4.69, 9.17) is 0 Å². The van der Waals surface area contributed by atoms with Crippen molar-refractivity contribution in [1.29, 1.82) is 0 Å². The molecule has 0 spiro atoms. The second-order valence-corrected chi connectivity index (χ2v) is 6.19. The van der Waals surface area contributed by atoms with Crippen molar-refractivity contribution < 1.29 is 14.7 Å². The normalized spacial score (nSPS) is 19.4. The van der Waals surface area contributed by atoms with E-state index in [1.807, 2.05) is 17.0 Å². The lowest BCUT2D eigenvalue weighted by Gasteiger charge is -2.33. The van der Waals surface area contributed by atoms with E-state index in [1.54, 1.807) is 6.07 Å². The second kappa shape index (κ2) is 5.23. The van der Waals surface area contributed by atoms with Crippen LogP contribution in [0.5, 0.6) is 5.75 Å². The Bertz CT molecular complexity index is 812. The molecule has 1 aliphatic carbocycles. The number of aryl methyl sites for hydroxylation is 1. The third kappa shape index (κ3) is 2.05. The summed E-state index contributed by atoms with van der Waals surface area (Å²) in [6.45, 7) is 0.494. The van der Waals surface area contributed by atoms with Crippen molar-refractivity contribution in [3.05, 3.63) is 64.2 Å². The van der Waals surface area contributed by atoms with Crippen molar-refractivity contribution in [2.45, 2.75) is 31.8 Å². The second-order valence-electron chi connectivity index (χ2n) is 6.19. The number of carbonyl (C=O) groups is 2. The Morgan fingerprint density at radius 1 is 1.13 bits per heavy atom. The van der Waals surface area contributed by atoms with E-state index in [2.05, 4.69) is 12.1 Å². The highest BCUT2D eigenvalue weighted by Crippen LogP contribution is 2.40. The highest BCUT2D eigenvalue weighted by Gasteiger charge is 2.37. The number of phenolic OH excluding ortho intramolecular Hbond substituents is 1. The predicted molar refractivity (Wildman–Crippen MR) is 85.5 cm³/mol. The molecule has 4 heteroatoms. The molecule has 116 valence electrons. The van der Waals surface area contributed by atoms with Crippen molar-refractivity contribution in [1.82, 2.24) is 4.90 Å². The van der Waals surface area contributed by atoms with Crippen molar-refractivity contribution in [3.8, 4) is 5.75 Å². The highest BCUT2D eigenvalue weighted by molar-refractivity contribution is 6.06. The van der Waals surface area contributed by atoms with Crippen LogP contribution in [0.25, 0.3) is 0 Å². The lowest BCUT2D eigenvalue weighted by atomic mass is 9.87. The van der Waals surface area contributed by atoms with Gasteiger partial charge in [-0.2, -0.15) is 0 Å². The molecule has 0 unspecified atom stereocenters. The minimum Gasteiger partial charge on any atom is -0.507 e. The van der Waals surface area contributed by atoms with Crippen LogP contribution in [0.2, 0.25) is 0 Å². The lowest BCUT2D eigenvalue weighted by molar-refractivity contribution is 0.0680. The van der Waals surface area contributed by atoms with E-state index in [0.717, 1.165) is 24.8 Å². The summed E-state index contributed by atoms with van der Waals surface area (Å²) in [5.74, 6) is -0.280. The van der Waals surface area contributed by atoms with Crippen molar-refractivity contribution >= 4 is 12.2 Å². The van der Waals surface area contributed by atoms with E-state index in [1.165, 1.54) is 17.2 Å². The van der Waals surface area contributed by atoms with Gasteiger partial charge in [0.05, 0.1) is 17.2 Å². The fourth-order valence-corrected chi connectivity index (χ4v) is 3.86. The van der Waals surface area contributed by atoms with Gasteiger partial charge in [0.1, 0.15) is 5.75 Å². The summed E-state index contributed by atoms with van der Waals surface area (Å²) in [6.07, 6.45) is 3.60. The van der Waals surface area contributed by atoms with Crippen molar-refractivity contribution in [2.24, 2.45) is 0 Å². The number of rotatable bonds is 2. The number of hydrogen-bond donors (Lipinski definition) is 1. The predicted octanol–water partition coefficient (Wildman–Crippen LogP) is 3.24. The molecule has 2 aromatic rings. The number of aldehydes is 1. The Labute approximate surface area is 134 Å². The van der Waals surface area contributed by atoms with Crippen molar-refractivity contribution in [3.63, 3.8) is 0 Å². The number of benzene rings is 2. The van der Waals surface area contributed by atoms with Gasteiger partial charge in [-0.3, -0.25) is 9.59 Å². The third-order valence-electron chi connectivity index (χ3n) is 4.96. The molecule has 0 saturated carbocycles. The van der Waals surface area contributed by atoms with Gasteiger partial charge >= 0.3 is 0 Å². The van der Waals surface area contributed by atoms with Gasteiger partial charge in [-0.1, -0.05) is 30.3 Å². The Balaban J connectivity index is 1.77. The zero-order chi connectivity index (χ0) is 16.0. The summed E-state index contributed by atoms with van der Waals surface area (Å²) >= 11 is 0. The Kier molecular flexibility index (Phi) is 3.18. The number of amides is 1. The molecule has 0 bridgehead atoms. The molecule has 1 atom stereocenters. The number of hydrogen-bond acceptors (Lipinski definition) is 3. The van der Waals surface area contributed by atoms with Crippen LogP contribution < -0.4 is 0 Å². The Hall–Kier alpha value is -2.62. The standard InChI is InChI=1S/C19H17NO3/c21-11-15-17(22)9-8-13-10-20(19(23)18(13)15)16-7-3-5-12-4-1-2-6-14(12)16/h1-2,4,6,8-9,11,16,22H,3,5,7,10H2/t16-/m0/s1. The monoisotopic (exact) mass is 307 g/mol. The number of phenols is 1. The summed E-state index contributed by atoms with van der Waals surface area (Å²) in [4.78, 5) is 26.0. The summed E-state index contributed by atoms with van der Waals surface area (Å²) in [7, 11) is 0. The molecule has 2 aliphatic rings. The Morgan fingerprint density at radius 2 is 1.96 bits per heavy atom. The fraction of sp³-hybridized carbons (Fsp3) is 0.263. The van der Waals surface area contributed by atoms with E-state index < -0.39 is 0 Å². The molecular formula is C19H17NO3. The summed E-state index contributed by atoms with van der Waals surface area (Å²) in [5, 5.41) is 9.84. The Morgan fingerprint density at radius 3 is 2.78 bits per heavy atom. The molecule has 4 nitrogen and oxygen atoms in total. The maximum Gasteiger partial charge on any atom is 0.255 e.